The van der Waals surface area contributed by atoms with Gasteiger partial charge < -0.3 is 4.57 Å². The van der Waals surface area contributed by atoms with Gasteiger partial charge in [-0.2, -0.15) is 0 Å². The summed E-state index contributed by atoms with van der Waals surface area (Å²) in [7, 11) is -2.85. The summed E-state index contributed by atoms with van der Waals surface area (Å²) in [4.78, 5) is 8.08. The highest BCUT2D eigenvalue weighted by Crippen LogP contribution is 2.44. The van der Waals surface area contributed by atoms with Gasteiger partial charge in [-0.15, -0.1) is 0 Å². The summed E-state index contributed by atoms with van der Waals surface area (Å²) in [5, 5.41) is 8.12. The van der Waals surface area contributed by atoms with E-state index < -0.39 is 8.07 Å². The first-order valence-corrected chi connectivity index (χ1v) is 24.1. The number of rotatable bonds is 5. The van der Waals surface area contributed by atoms with Gasteiger partial charge in [0.1, 0.15) is 5.82 Å². The molecule has 0 radical (unpaired) electrons. The number of anilines is 3. The fourth-order valence-electron chi connectivity index (χ4n) is 10.8. The lowest BCUT2D eigenvalue weighted by atomic mass is 10.0. The Morgan fingerprint density at radius 2 is 0.953 bits per heavy atom. The molecule has 9 aromatic carbocycles. The van der Waals surface area contributed by atoms with Crippen LogP contribution in [0.25, 0.3) is 72.1 Å². The second kappa shape index (κ2) is 14.2. The molecule has 1 spiro atoms. The molecule has 4 heteroatoms. The monoisotopic (exact) mass is 831 g/mol. The van der Waals surface area contributed by atoms with Gasteiger partial charge in [-0.05, 0) is 116 Å². The van der Waals surface area contributed by atoms with Crippen LogP contribution >= 0.6 is 0 Å². The van der Waals surface area contributed by atoms with Crippen LogP contribution in [0.4, 0.5) is 17.2 Å². The van der Waals surface area contributed by atoms with E-state index in [9.17, 15) is 0 Å². The van der Waals surface area contributed by atoms with Crippen LogP contribution in [0.3, 0.4) is 0 Å². The molecule has 0 aliphatic carbocycles. The standard InChI is InChI=1S/C60H41N3Si/c1-40-28-32-46(33-29-40)62-52-23-11-8-20-47(52)50-36-43(30-34-53(50)62)44-31-35-59-55(38-44)63(60-39-45(41-16-4-2-5-17-41)37-51(61-60)42-18-6-3-7-19-42)54-24-12-15-27-58(54)64(59)56-25-13-9-21-48(56)49-22-10-14-26-57(49)64/h2-39H,1H3. The van der Waals surface area contributed by atoms with Crippen molar-refractivity contribution in [1.82, 2.24) is 9.55 Å². The Morgan fingerprint density at radius 1 is 0.375 bits per heavy atom. The van der Waals surface area contributed by atoms with Crippen molar-refractivity contribution in [3.63, 3.8) is 0 Å². The topological polar surface area (TPSA) is 21.1 Å². The zero-order chi connectivity index (χ0) is 42.4. The molecule has 13 rings (SSSR count). The number of pyridine rings is 1. The number of nitrogens with zero attached hydrogens (tertiary/aromatic N) is 3. The first-order valence-electron chi connectivity index (χ1n) is 22.1. The highest BCUT2D eigenvalue weighted by atomic mass is 28.3. The van der Waals surface area contributed by atoms with Crippen molar-refractivity contribution in [3.8, 4) is 50.3 Å². The Bertz CT molecular complexity index is 3520. The highest BCUT2D eigenvalue weighted by molar-refractivity contribution is 7.23. The summed E-state index contributed by atoms with van der Waals surface area (Å²) in [6.45, 7) is 2.15. The van der Waals surface area contributed by atoms with E-state index in [2.05, 4.69) is 247 Å². The number of aromatic nitrogens is 2. The molecule has 4 heterocycles. The quantitative estimate of drug-likeness (QED) is 0.161. The molecule has 0 saturated heterocycles. The van der Waals surface area contributed by atoms with Crippen molar-refractivity contribution < 1.29 is 0 Å². The van der Waals surface area contributed by atoms with Gasteiger partial charge in [-0.3, -0.25) is 4.90 Å². The Kier molecular flexibility index (Phi) is 8.14. The molecule has 3 nitrogen and oxygen atoms in total. The molecule has 0 atom stereocenters. The fraction of sp³-hybridized carbons (Fsp3) is 0.0167. The Morgan fingerprint density at radius 3 is 1.70 bits per heavy atom. The molecule has 300 valence electrons. The molecular weight excluding hydrogens is 791 g/mol. The first-order chi connectivity index (χ1) is 31.6. The Labute approximate surface area is 373 Å². The highest BCUT2D eigenvalue weighted by Gasteiger charge is 2.54. The molecule has 0 unspecified atom stereocenters. The van der Waals surface area contributed by atoms with Crippen LogP contribution in [-0.2, 0) is 0 Å². The maximum atomic E-state index is 5.61. The third-order valence-electron chi connectivity index (χ3n) is 13.7. The number of fused-ring (bicyclic) bond motifs is 12. The number of hydrogen-bond acceptors (Lipinski definition) is 2. The van der Waals surface area contributed by atoms with Crippen LogP contribution in [0.2, 0.25) is 0 Å². The molecule has 0 bridgehead atoms. The molecule has 0 N–H and O–H groups in total. The smallest absolute Gasteiger partial charge is 0.185 e. The minimum absolute atomic E-state index is 0.895. The third-order valence-corrected chi connectivity index (χ3v) is 18.6. The van der Waals surface area contributed by atoms with E-state index in [4.69, 9.17) is 4.98 Å². The van der Waals surface area contributed by atoms with Crippen molar-refractivity contribution >= 4 is 67.8 Å². The van der Waals surface area contributed by atoms with E-state index in [1.807, 2.05) is 0 Å². The maximum Gasteiger partial charge on any atom is 0.185 e. The number of benzene rings is 9. The maximum absolute atomic E-state index is 5.61. The summed E-state index contributed by atoms with van der Waals surface area (Å²) < 4.78 is 2.40. The largest absolute Gasteiger partial charge is 0.309 e. The Balaban J connectivity index is 1.10. The predicted octanol–water partition coefficient (Wildman–Crippen LogP) is 12.6. The summed E-state index contributed by atoms with van der Waals surface area (Å²) in [5.41, 5.74) is 16.5. The van der Waals surface area contributed by atoms with Gasteiger partial charge in [-0.1, -0.05) is 181 Å². The molecule has 11 aromatic rings. The number of aryl methyl sites for hydroxylation is 1. The predicted molar refractivity (Wildman–Crippen MR) is 270 cm³/mol. The molecule has 0 amide bonds. The van der Waals surface area contributed by atoms with Crippen molar-refractivity contribution in [1.29, 1.82) is 0 Å². The molecule has 2 aliphatic heterocycles. The Hall–Kier alpha value is -8.05. The second-order valence-electron chi connectivity index (χ2n) is 17.2. The fourth-order valence-corrected chi connectivity index (χ4v) is 16.3. The third kappa shape index (κ3) is 5.36. The average Bonchev–Trinajstić information content (AvgIpc) is 3.85. The van der Waals surface area contributed by atoms with E-state index in [0.29, 0.717) is 0 Å². The molecule has 2 aromatic heterocycles. The molecule has 64 heavy (non-hydrogen) atoms. The van der Waals surface area contributed by atoms with Crippen LogP contribution in [-0.4, -0.2) is 17.6 Å². The minimum atomic E-state index is -2.85. The van der Waals surface area contributed by atoms with Gasteiger partial charge in [0.25, 0.3) is 0 Å². The minimum Gasteiger partial charge on any atom is -0.309 e. The van der Waals surface area contributed by atoms with Gasteiger partial charge >= 0.3 is 0 Å². The van der Waals surface area contributed by atoms with Gasteiger partial charge in [0.15, 0.2) is 8.07 Å². The van der Waals surface area contributed by atoms with E-state index in [-0.39, 0.29) is 0 Å². The summed E-state index contributed by atoms with van der Waals surface area (Å²) in [6, 6.07) is 85.4. The number of hydrogen-bond donors (Lipinski definition) is 0. The van der Waals surface area contributed by atoms with Gasteiger partial charge in [-0.25, -0.2) is 4.98 Å². The van der Waals surface area contributed by atoms with Crippen LogP contribution in [0.1, 0.15) is 5.56 Å². The van der Waals surface area contributed by atoms with Crippen molar-refractivity contribution in [3.05, 3.63) is 236 Å². The van der Waals surface area contributed by atoms with Crippen LogP contribution in [0.5, 0.6) is 0 Å². The lowest BCUT2D eigenvalue weighted by molar-refractivity contribution is 1.17. The van der Waals surface area contributed by atoms with Gasteiger partial charge in [0.2, 0.25) is 0 Å². The first kappa shape index (κ1) is 36.6. The van der Waals surface area contributed by atoms with E-state index in [0.717, 1.165) is 28.2 Å². The molecule has 0 saturated carbocycles. The van der Waals surface area contributed by atoms with Crippen LogP contribution in [0.15, 0.2) is 231 Å². The molecule has 0 fully saturated rings. The van der Waals surface area contributed by atoms with Crippen molar-refractivity contribution in [2.75, 3.05) is 4.90 Å². The molecular formula is C60H41N3Si. The zero-order valence-corrected chi connectivity index (χ0v) is 36.3. The van der Waals surface area contributed by atoms with Crippen LogP contribution < -0.4 is 25.6 Å². The molecule has 2 aliphatic rings. The lowest BCUT2D eigenvalue weighted by Crippen LogP contribution is -2.75. The van der Waals surface area contributed by atoms with E-state index >= 15 is 0 Å². The summed E-state index contributed by atoms with van der Waals surface area (Å²) in [5.74, 6) is 0.895. The SMILES string of the molecule is Cc1ccc(-n2c3ccccc3c3cc(-c4ccc5c(c4)N(c4cc(-c6ccccc6)cc(-c6ccccc6)n4)c4ccccc4[Si]54c5ccccc5-c5ccccc54)ccc32)cc1. The van der Waals surface area contributed by atoms with E-state index in [1.165, 1.54) is 87.4 Å². The number of para-hydroxylation sites is 2. The van der Waals surface area contributed by atoms with Gasteiger partial charge in [0, 0.05) is 33.4 Å². The summed E-state index contributed by atoms with van der Waals surface area (Å²) in [6.07, 6.45) is 0. The second-order valence-corrected chi connectivity index (χ2v) is 20.8. The van der Waals surface area contributed by atoms with Crippen LogP contribution in [0, 0.1) is 6.92 Å². The normalized spacial score (nSPS) is 13.2. The van der Waals surface area contributed by atoms with Crippen molar-refractivity contribution in [2.24, 2.45) is 0 Å². The van der Waals surface area contributed by atoms with Crippen molar-refractivity contribution in [2.45, 2.75) is 6.92 Å². The zero-order valence-electron chi connectivity index (χ0n) is 35.3. The lowest BCUT2D eigenvalue weighted by Gasteiger charge is -2.43. The average molecular weight is 832 g/mol. The van der Waals surface area contributed by atoms with E-state index in [1.54, 1.807) is 0 Å². The summed E-state index contributed by atoms with van der Waals surface area (Å²) >= 11 is 0. The van der Waals surface area contributed by atoms with Gasteiger partial charge in [0.05, 0.1) is 16.7 Å².